The zero-order chi connectivity index (χ0) is 12.4. The molecule has 1 aromatic heterocycles. The van der Waals surface area contributed by atoms with Crippen LogP contribution in [0.2, 0.25) is 0 Å². The highest BCUT2D eigenvalue weighted by molar-refractivity contribution is 6.08. The van der Waals surface area contributed by atoms with E-state index in [1.807, 2.05) is 0 Å². The van der Waals surface area contributed by atoms with Gasteiger partial charge >= 0.3 is 0 Å². The summed E-state index contributed by atoms with van der Waals surface area (Å²) in [7, 11) is 0. The third kappa shape index (κ3) is 2.08. The Kier molecular flexibility index (Phi) is 2.74. The molecule has 1 heterocycles. The van der Waals surface area contributed by atoms with Crippen molar-refractivity contribution in [3.63, 3.8) is 0 Å². The molecule has 2 rings (SSSR count). The predicted octanol–water partition coefficient (Wildman–Crippen LogP) is 2.46. The summed E-state index contributed by atoms with van der Waals surface area (Å²) in [5.41, 5.74) is 1.51. The fraction of sp³-hybridized carbons (Fsp3) is 0.0833. The third-order valence-corrected chi connectivity index (χ3v) is 2.50. The van der Waals surface area contributed by atoms with Crippen molar-refractivity contribution in [1.29, 1.82) is 0 Å². The fourth-order valence-electron chi connectivity index (χ4n) is 1.60. The summed E-state index contributed by atoms with van der Waals surface area (Å²) in [6.45, 7) is 1.81. The number of benzene rings is 1. The van der Waals surface area contributed by atoms with E-state index in [-0.39, 0.29) is 11.5 Å². The van der Waals surface area contributed by atoms with Gasteiger partial charge in [-0.3, -0.25) is 14.9 Å². The molecule has 0 saturated carbocycles. The summed E-state index contributed by atoms with van der Waals surface area (Å²) in [4.78, 5) is 25.0. The molecule has 1 aromatic carbocycles. The summed E-state index contributed by atoms with van der Waals surface area (Å²) >= 11 is 0. The smallest absolute Gasteiger partial charge is 0.270 e. The van der Waals surface area contributed by atoms with Gasteiger partial charge in [-0.25, -0.2) is 0 Å². The number of nitro benzene ring substituents is 1. The number of nitro groups is 1. The van der Waals surface area contributed by atoms with Crippen molar-refractivity contribution in [2.75, 3.05) is 0 Å². The molecule has 0 atom stereocenters. The van der Waals surface area contributed by atoms with Crippen LogP contribution in [-0.2, 0) is 0 Å². The minimum absolute atomic E-state index is 0.0833. The van der Waals surface area contributed by atoms with Crippen LogP contribution in [-0.4, -0.2) is 15.7 Å². The topological polar surface area (TPSA) is 76.0 Å². The first-order valence-corrected chi connectivity index (χ1v) is 5.02. The van der Waals surface area contributed by atoms with E-state index in [0.717, 1.165) is 5.56 Å². The van der Waals surface area contributed by atoms with Gasteiger partial charge in [0.1, 0.15) is 0 Å². The first kappa shape index (κ1) is 11.1. The average Bonchev–Trinajstić information content (AvgIpc) is 2.74. The second-order valence-corrected chi connectivity index (χ2v) is 3.67. The number of carbonyl (C=O) groups is 1. The van der Waals surface area contributed by atoms with Gasteiger partial charge < -0.3 is 4.98 Å². The zero-order valence-electron chi connectivity index (χ0n) is 9.14. The Bertz CT molecular complexity index is 587. The summed E-state index contributed by atoms with van der Waals surface area (Å²) in [6.07, 6.45) is 1.67. The van der Waals surface area contributed by atoms with Gasteiger partial charge in [0.25, 0.3) is 5.69 Å². The lowest BCUT2D eigenvalue weighted by Gasteiger charge is -2.00. The molecule has 86 valence electrons. The Morgan fingerprint density at radius 2 is 2.12 bits per heavy atom. The molecule has 5 heteroatoms. The highest BCUT2D eigenvalue weighted by atomic mass is 16.6. The van der Waals surface area contributed by atoms with Gasteiger partial charge in [0.15, 0.2) is 0 Å². The Morgan fingerprint density at radius 1 is 1.35 bits per heavy atom. The number of H-pyrrole nitrogens is 1. The van der Waals surface area contributed by atoms with Crippen molar-refractivity contribution >= 4 is 11.5 Å². The third-order valence-electron chi connectivity index (χ3n) is 2.50. The van der Waals surface area contributed by atoms with Crippen molar-refractivity contribution < 1.29 is 9.72 Å². The van der Waals surface area contributed by atoms with Crippen LogP contribution in [0.5, 0.6) is 0 Å². The van der Waals surface area contributed by atoms with Crippen molar-refractivity contribution in [3.05, 3.63) is 63.5 Å². The van der Waals surface area contributed by atoms with E-state index in [0.29, 0.717) is 11.3 Å². The SMILES string of the molecule is Cc1cc[nH]c1C(=O)c1cccc([N+](=O)[O-])c1. The lowest BCUT2D eigenvalue weighted by Crippen LogP contribution is -2.04. The number of non-ortho nitro benzene ring substituents is 1. The van der Waals surface area contributed by atoms with Crippen LogP contribution in [0.1, 0.15) is 21.6 Å². The number of hydrogen-bond donors (Lipinski definition) is 1. The predicted molar refractivity (Wildman–Crippen MR) is 62.1 cm³/mol. The molecular formula is C12H10N2O3. The number of aryl methyl sites for hydroxylation is 1. The largest absolute Gasteiger partial charge is 0.358 e. The van der Waals surface area contributed by atoms with Gasteiger partial charge in [0, 0.05) is 23.9 Å². The van der Waals surface area contributed by atoms with Gasteiger partial charge in [-0.05, 0) is 18.6 Å². The summed E-state index contributed by atoms with van der Waals surface area (Å²) in [5, 5.41) is 10.6. The van der Waals surface area contributed by atoms with Crippen molar-refractivity contribution in [1.82, 2.24) is 4.98 Å². The van der Waals surface area contributed by atoms with E-state index in [1.54, 1.807) is 25.3 Å². The van der Waals surface area contributed by atoms with Gasteiger partial charge in [-0.2, -0.15) is 0 Å². The molecule has 0 amide bonds. The number of rotatable bonds is 3. The molecule has 0 aliphatic rings. The number of ketones is 1. The van der Waals surface area contributed by atoms with Crippen LogP contribution in [0.4, 0.5) is 5.69 Å². The minimum Gasteiger partial charge on any atom is -0.358 e. The van der Waals surface area contributed by atoms with E-state index in [1.165, 1.54) is 18.2 Å². The molecule has 1 N–H and O–H groups in total. The van der Waals surface area contributed by atoms with E-state index in [4.69, 9.17) is 0 Å². The number of aromatic amines is 1. The zero-order valence-corrected chi connectivity index (χ0v) is 9.14. The van der Waals surface area contributed by atoms with Crippen LogP contribution in [0.3, 0.4) is 0 Å². The molecule has 0 aliphatic carbocycles. The summed E-state index contributed by atoms with van der Waals surface area (Å²) < 4.78 is 0. The Balaban J connectivity index is 2.41. The molecule has 5 nitrogen and oxygen atoms in total. The lowest BCUT2D eigenvalue weighted by molar-refractivity contribution is -0.384. The highest BCUT2D eigenvalue weighted by Crippen LogP contribution is 2.17. The van der Waals surface area contributed by atoms with Crippen molar-refractivity contribution in [2.24, 2.45) is 0 Å². The molecule has 0 unspecified atom stereocenters. The number of aromatic nitrogens is 1. The van der Waals surface area contributed by atoms with Crippen LogP contribution in [0, 0.1) is 17.0 Å². The lowest BCUT2D eigenvalue weighted by atomic mass is 10.1. The van der Waals surface area contributed by atoms with E-state index in [2.05, 4.69) is 4.98 Å². The van der Waals surface area contributed by atoms with E-state index >= 15 is 0 Å². The standard InChI is InChI=1S/C12H10N2O3/c1-8-5-6-13-11(8)12(15)9-3-2-4-10(7-9)14(16)17/h2-7,13H,1H3. The molecule has 0 radical (unpaired) electrons. The first-order chi connectivity index (χ1) is 8.09. The molecule has 0 spiro atoms. The normalized spacial score (nSPS) is 10.2. The van der Waals surface area contributed by atoms with Crippen LogP contribution >= 0.6 is 0 Å². The Morgan fingerprint density at radius 3 is 2.71 bits per heavy atom. The summed E-state index contributed by atoms with van der Waals surface area (Å²) in [6, 6.07) is 7.49. The summed E-state index contributed by atoms with van der Waals surface area (Å²) in [5.74, 6) is -0.240. The molecule has 17 heavy (non-hydrogen) atoms. The maximum Gasteiger partial charge on any atom is 0.270 e. The molecule has 0 bridgehead atoms. The van der Waals surface area contributed by atoms with Gasteiger partial charge in [0.05, 0.1) is 10.6 Å². The molecular weight excluding hydrogens is 220 g/mol. The second kappa shape index (κ2) is 4.21. The number of nitrogens with zero attached hydrogens (tertiary/aromatic N) is 1. The average molecular weight is 230 g/mol. The maximum atomic E-state index is 12.0. The minimum atomic E-state index is -0.516. The molecule has 0 fully saturated rings. The van der Waals surface area contributed by atoms with Gasteiger partial charge in [0.2, 0.25) is 5.78 Å². The van der Waals surface area contributed by atoms with Crippen molar-refractivity contribution in [3.8, 4) is 0 Å². The monoisotopic (exact) mass is 230 g/mol. The van der Waals surface area contributed by atoms with Gasteiger partial charge in [-0.15, -0.1) is 0 Å². The van der Waals surface area contributed by atoms with E-state index in [9.17, 15) is 14.9 Å². The van der Waals surface area contributed by atoms with Gasteiger partial charge in [-0.1, -0.05) is 12.1 Å². The van der Waals surface area contributed by atoms with E-state index < -0.39 is 4.92 Å². The van der Waals surface area contributed by atoms with Crippen LogP contribution in [0.15, 0.2) is 36.5 Å². The molecule has 0 aliphatic heterocycles. The second-order valence-electron chi connectivity index (χ2n) is 3.67. The maximum absolute atomic E-state index is 12.0. The van der Waals surface area contributed by atoms with Crippen LogP contribution in [0.25, 0.3) is 0 Å². The number of nitrogens with one attached hydrogen (secondary N) is 1. The van der Waals surface area contributed by atoms with Crippen molar-refractivity contribution in [2.45, 2.75) is 6.92 Å². The van der Waals surface area contributed by atoms with Crippen LogP contribution < -0.4 is 0 Å². The molecule has 2 aromatic rings. The first-order valence-electron chi connectivity index (χ1n) is 5.02. The highest BCUT2D eigenvalue weighted by Gasteiger charge is 2.15. The quantitative estimate of drug-likeness (QED) is 0.500. The molecule has 0 saturated heterocycles. The fourth-order valence-corrected chi connectivity index (χ4v) is 1.60. The Hall–Kier alpha value is -2.43. The Labute approximate surface area is 97.2 Å². The number of carbonyl (C=O) groups excluding carboxylic acids is 1. The number of hydrogen-bond acceptors (Lipinski definition) is 3.